The molecule has 1 aromatic heterocycles. The Morgan fingerprint density at radius 1 is 0.769 bits per heavy atom. The maximum atomic E-state index is 13.1. The second kappa shape index (κ2) is 6.68. The lowest BCUT2D eigenvalue weighted by Gasteiger charge is -2.14. The van der Waals surface area contributed by atoms with Gasteiger partial charge < -0.3 is 16.4 Å². The van der Waals surface area contributed by atoms with Crippen LogP contribution in [0.5, 0.6) is 0 Å². The lowest BCUT2D eigenvalue weighted by Crippen LogP contribution is -2.05. The maximum absolute atomic E-state index is 13.1. The van der Waals surface area contributed by atoms with Crippen LogP contribution in [-0.4, -0.2) is 9.97 Å². The van der Waals surface area contributed by atoms with E-state index >= 15 is 0 Å². The molecule has 0 saturated heterocycles. The molecule has 4 rings (SSSR count). The number of nitrogen functional groups attached to an aromatic ring is 1. The lowest BCUT2D eigenvalue weighted by molar-refractivity contribution is 0.628. The summed E-state index contributed by atoms with van der Waals surface area (Å²) in [6, 6.07) is 20.0. The Hall–Kier alpha value is -3.67. The summed E-state index contributed by atoms with van der Waals surface area (Å²) in [5.41, 5.74) is 8.20. The van der Waals surface area contributed by atoms with Gasteiger partial charge in [-0.15, -0.1) is 0 Å². The Bertz CT molecular complexity index is 1060. The van der Waals surface area contributed by atoms with Crippen LogP contribution in [0.4, 0.5) is 33.1 Å². The molecule has 5 nitrogen and oxygen atoms in total. The first-order valence-corrected chi connectivity index (χ1v) is 8.08. The number of aromatic nitrogens is 2. The molecule has 26 heavy (non-hydrogen) atoms. The summed E-state index contributed by atoms with van der Waals surface area (Å²) in [6.07, 6.45) is 1.43. The minimum Gasteiger partial charge on any atom is -0.393 e. The Morgan fingerprint density at radius 2 is 1.46 bits per heavy atom. The van der Waals surface area contributed by atoms with Gasteiger partial charge in [-0.2, -0.15) is 0 Å². The molecule has 0 unspecified atom stereocenters. The van der Waals surface area contributed by atoms with Crippen molar-refractivity contribution in [3.8, 4) is 0 Å². The van der Waals surface area contributed by atoms with Crippen LogP contribution in [0.15, 0.2) is 73.1 Å². The van der Waals surface area contributed by atoms with Crippen molar-refractivity contribution in [2.75, 3.05) is 16.4 Å². The number of fused-ring (bicyclic) bond motifs is 1. The summed E-state index contributed by atoms with van der Waals surface area (Å²) in [5.74, 6) is 0.653. The fraction of sp³-hybridized carbons (Fsp3) is 0. The highest BCUT2D eigenvalue weighted by atomic mass is 19.1. The molecule has 3 aromatic carbocycles. The quantitative estimate of drug-likeness (QED) is 0.493. The second-order valence-corrected chi connectivity index (χ2v) is 5.77. The van der Waals surface area contributed by atoms with Gasteiger partial charge in [0.05, 0.1) is 0 Å². The molecule has 0 atom stereocenters. The van der Waals surface area contributed by atoms with Gasteiger partial charge >= 0.3 is 0 Å². The molecule has 4 N–H and O–H groups in total. The summed E-state index contributed by atoms with van der Waals surface area (Å²) >= 11 is 0. The van der Waals surface area contributed by atoms with E-state index in [-0.39, 0.29) is 5.82 Å². The molecule has 1 heterocycles. The molecular formula is C20H16FN5. The van der Waals surface area contributed by atoms with Crippen LogP contribution in [0.2, 0.25) is 0 Å². The first-order chi connectivity index (χ1) is 12.7. The zero-order chi connectivity index (χ0) is 17.9. The highest BCUT2D eigenvalue weighted by Crippen LogP contribution is 2.31. The second-order valence-electron chi connectivity index (χ2n) is 5.77. The highest BCUT2D eigenvalue weighted by molar-refractivity contribution is 5.96. The van der Waals surface area contributed by atoms with E-state index in [2.05, 4.69) is 20.6 Å². The van der Waals surface area contributed by atoms with Gasteiger partial charge in [0.25, 0.3) is 0 Å². The van der Waals surface area contributed by atoms with Gasteiger partial charge in [-0.05, 0) is 35.7 Å². The van der Waals surface area contributed by atoms with Crippen molar-refractivity contribution in [2.45, 2.75) is 0 Å². The summed E-state index contributed by atoms with van der Waals surface area (Å²) < 4.78 is 13.1. The molecular weight excluding hydrogens is 329 g/mol. The molecule has 0 saturated carbocycles. The van der Waals surface area contributed by atoms with Gasteiger partial charge in [-0.1, -0.05) is 36.4 Å². The van der Waals surface area contributed by atoms with Crippen LogP contribution in [0.25, 0.3) is 10.8 Å². The first-order valence-electron chi connectivity index (χ1n) is 8.08. The molecule has 128 valence electrons. The van der Waals surface area contributed by atoms with Crippen LogP contribution in [0.1, 0.15) is 0 Å². The third-order valence-corrected chi connectivity index (χ3v) is 4.03. The van der Waals surface area contributed by atoms with E-state index in [1.54, 1.807) is 12.1 Å². The van der Waals surface area contributed by atoms with Gasteiger partial charge in [-0.3, -0.25) is 0 Å². The predicted octanol–water partition coefficient (Wildman–Crippen LogP) is 4.84. The Balaban J connectivity index is 1.66. The molecule has 0 aliphatic rings. The lowest BCUT2D eigenvalue weighted by atomic mass is 10.1. The van der Waals surface area contributed by atoms with Gasteiger partial charge in [0.1, 0.15) is 17.8 Å². The van der Waals surface area contributed by atoms with E-state index in [0.717, 1.165) is 16.5 Å². The van der Waals surface area contributed by atoms with Crippen LogP contribution < -0.4 is 16.4 Å². The van der Waals surface area contributed by atoms with Crippen LogP contribution in [-0.2, 0) is 0 Å². The Labute approximate surface area is 149 Å². The number of halogens is 1. The average Bonchev–Trinajstić information content (AvgIpc) is 2.67. The number of nitrogens with two attached hydrogens (primary N) is 1. The summed E-state index contributed by atoms with van der Waals surface area (Å²) in [5, 5.41) is 8.54. The van der Waals surface area contributed by atoms with Crippen molar-refractivity contribution in [3.05, 3.63) is 78.9 Å². The Kier molecular flexibility index (Phi) is 4.07. The number of hydrogen-bond donors (Lipinski definition) is 3. The van der Waals surface area contributed by atoms with E-state index < -0.39 is 0 Å². The van der Waals surface area contributed by atoms with Crippen LogP contribution in [0, 0.1) is 5.82 Å². The zero-order valence-corrected chi connectivity index (χ0v) is 13.8. The highest BCUT2D eigenvalue weighted by Gasteiger charge is 2.10. The molecule has 0 radical (unpaired) electrons. The number of nitrogens with one attached hydrogen (secondary N) is 2. The average molecular weight is 345 g/mol. The van der Waals surface area contributed by atoms with E-state index in [0.29, 0.717) is 23.0 Å². The summed E-state index contributed by atoms with van der Waals surface area (Å²) in [4.78, 5) is 8.43. The first kappa shape index (κ1) is 15.8. The maximum Gasteiger partial charge on any atom is 0.159 e. The topological polar surface area (TPSA) is 75.9 Å². The number of nitrogens with zero attached hydrogens (tertiary/aromatic N) is 2. The molecule has 4 aromatic rings. The molecule has 0 spiro atoms. The fourth-order valence-corrected chi connectivity index (χ4v) is 2.73. The minimum atomic E-state index is -0.301. The number of benzene rings is 3. The van der Waals surface area contributed by atoms with E-state index in [4.69, 9.17) is 5.73 Å². The van der Waals surface area contributed by atoms with Gasteiger partial charge in [0, 0.05) is 16.8 Å². The van der Waals surface area contributed by atoms with Crippen molar-refractivity contribution >= 4 is 39.5 Å². The third kappa shape index (κ3) is 3.12. The van der Waals surface area contributed by atoms with Crippen LogP contribution in [0.3, 0.4) is 0 Å². The van der Waals surface area contributed by atoms with Crippen molar-refractivity contribution in [2.24, 2.45) is 0 Å². The van der Waals surface area contributed by atoms with Crippen molar-refractivity contribution < 1.29 is 4.39 Å². The molecule has 0 aliphatic heterocycles. The van der Waals surface area contributed by atoms with Crippen LogP contribution >= 0.6 is 0 Å². The van der Waals surface area contributed by atoms with E-state index in [1.165, 1.54) is 18.5 Å². The van der Waals surface area contributed by atoms with E-state index in [9.17, 15) is 4.39 Å². The largest absolute Gasteiger partial charge is 0.393 e. The zero-order valence-electron chi connectivity index (χ0n) is 13.8. The third-order valence-electron chi connectivity index (χ3n) is 4.03. The van der Waals surface area contributed by atoms with E-state index in [1.807, 2.05) is 42.5 Å². The molecule has 0 bridgehead atoms. The minimum absolute atomic E-state index is 0.301. The molecule has 0 amide bonds. The molecule has 0 aliphatic carbocycles. The van der Waals surface area contributed by atoms with Crippen molar-refractivity contribution in [3.63, 3.8) is 0 Å². The Morgan fingerprint density at radius 3 is 2.27 bits per heavy atom. The van der Waals surface area contributed by atoms with Gasteiger partial charge in [0.15, 0.2) is 11.6 Å². The normalized spacial score (nSPS) is 10.7. The smallest absolute Gasteiger partial charge is 0.159 e. The molecule has 6 heteroatoms. The van der Waals surface area contributed by atoms with Crippen molar-refractivity contribution in [1.82, 2.24) is 9.97 Å². The summed E-state index contributed by atoms with van der Waals surface area (Å²) in [6.45, 7) is 0. The predicted molar refractivity (Wildman–Crippen MR) is 103 cm³/mol. The fourth-order valence-electron chi connectivity index (χ4n) is 2.73. The monoisotopic (exact) mass is 345 g/mol. The molecule has 0 fully saturated rings. The number of hydrogen-bond acceptors (Lipinski definition) is 5. The SMILES string of the molecule is Nc1c(Nc2ccc(F)cc2)ncnc1Nc1cccc2ccccc12. The van der Waals surface area contributed by atoms with Crippen molar-refractivity contribution in [1.29, 1.82) is 0 Å². The van der Waals surface area contributed by atoms with Gasteiger partial charge in [-0.25, -0.2) is 14.4 Å². The standard InChI is InChI=1S/C20H16FN5/c21-14-8-10-15(11-9-14)25-19-18(22)20(24-12-23-19)26-17-7-3-5-13-4-1-2-6-16(13)17/h1-12H,22H2,(H2,23,24,25,26). The van der Waals surface area contributed by atoms with Gasteiger partial charge in [0.2, 0.25) is 0 Å². The number of anilines is 5. The number of rotatable bonds is 4. The summed E-state index contributed by atoms with van der Waals surface area (Å²) in [7, 11) is 0.